The maximum atomic E-state index is 12.2. The molecule has 4 nitrogen and oxygen atoms in total. The van der Waals surface area contributed by atoms with Crippen LogP contribution in [-0.2, 0) is 6.54 Å². The monoisotopic (exact) mass is 251 g/mol. The lowest BCUT2D eigenvalue weighted by molar-refractivity contribution is 0.605. The summed E-state index contributed by atoms with van der Waals surface area (Å²) < 4.78 is 2.41. The van der Waals surface area contributed by atoms with Crippen LogP contribution in [0.25, 0.3) is 10.2 Å². The maximum Gasteiger partial charge on any atom is 0.272 e. The standard InChI is InChI=1S/C12H17N3OS/c1-5-15-10(16)9-8(6-7-17-9)13-11(15)14-12(2,3)4/h6-7H,5H2,1-4H3,(H,13,14). The minimum atomic E-state index is -0.111. The third-order valence-corrected chi connectivity index (χ3v) is 3.26. The van der Waals surface area contributed by atoms with Gasteiger partial charge in [0.15, 0.2) is 0 Å². The smallest absolute Gasteiger partial charge is 0.272 e. The zero-order valence-corrected chi connectivity index (χ0v) is 11.4. The van der Waals surface area contributed by atoms with Crippen molar-refractivity contribution in [2.45, 2.75) is 39.8 Å². The predicted octanol–water partition coefficient (Wildman–Crippen LogP) is 2.69. The van der Waals surface area contributed by atoms with Gasteiger partial charge in [0.1, 0.15) is 4.70 Å². The number of nitrogens with zero attached hydrogens (tertiary/aromatic N) is 2. The van der Waals surface area contributed by atoms with Crippen LogP contribution in [-0.4, -0.2) is 15.1 Å². The Morgan fingerprint density at radius 3 is 2.76 bits per heavy atom. The second-order valence-electron chi connectivity index (χ2n) is 4.99. The molecule has 0 aliphatic heterocycles. The quantitative estimate of drug-likeness (QED) is 0.892. The second-order valence-corrected chi connectivity index (χ2v) is 5.91. The molecule has 0 saturated heterocycles. The Hall–Kier alpha value is -1.36. The molecule has 2 heterocycles. The average Bonchev–Trinajstić information content (AvgIpc) is 2.64. The highest BCUT2D eigenvalue weighted by Gasteiger charge is 2.16. The van der Waals surface area contributed by atoms with E-state index in [-0.39, 0.29) is 11.1 Å². The van der Waals surface area contributed by atoms with Crippen molar-refractivity contribution in [2.75, 3.05) is 5.32 Å². The first-order valence-electron chi connectivity index (χ1n) is 5.68. The molecule has 0 aliphatic carbocycles. The molecule has 0 fully saturated rings. The molecule has 92 valence electrons. The lowest BCUT2D eigenvalue weighted by Crippen LogP contribution is -2.32. The first-order valence-corrected chi connectivity index (χ1v) is 6.56. The Morgan fingerprint density at radius 1 is 1.47 bits per heavy atom. The van der Waals surface area contributed by atoms with E-state index in [1.807, 2.05) is 18.4 Å². The molecule has 2 aromatic rings. The summed E-state index contributed by atoms with van der Waals surface area (Å²) in [4.78, 5) is 16.7. The summed E-state index contributed by atoms with van der Waals surface area (Å²) in [6, 6.07) is 1.88. The molecule has 0 spiro atoms. The highest BCUT2D eigenvalue weighted by atomic mass is 32.1. The van der Waals surface area contributed by atoms with E-state index in [9.17, 15) is 4.79 Å². The van der Waals surface area contributed by atoms with Gasteiger partial charge in [-0.3, -0.25) is 9.36 Å². The number of fused-ring (bicyclic) bond motifs is 1. The van der Waals surface area contributed by atoms with Crippen LogP contribution in [0.4, 0.5) is 5.95 Å². The van der Waals surface area contributed by atoms with E-state index in [1.54, 1.807) is 4.57 Å². The van der Waals surface area contributed by atoms with Gasteiger partial charge in [-0.25, -0.2) is 4.98 Å². The van der Waals surface area contributed by atoms with Gasteiger partial charge in [0.25, 0.3) is 5.56 Å². The van der Waals surface area contributed by atoms with Crippen LogP contribution in [0.3, 0.4) is 0 Å². The van der Waals surface area contributed by atoms with E-state index in [0.717, 1.165) is 10.2 Å². The molecule has 2 rings (SSSR count). The molecule has 1 N–H and O–H groups in total. The van der Waals surface area contributed by atoms with Gasteiger partial charge in [0, 0.05) is 12.1 Å². The van der Waals surface area contributed by atoms with Crippen molar-refractivity contribution < 1.29 is 0 Å². The van der Waals surface area contributed by atoms with Gasteiger partial charge in [-0.2, -0.15) is 0 Å². The fourth-order valence-electron chi connectivity index (χ4n) is 1.67. The van der Waals surface area contributed by atoms with Crippen molar-refractivity contribution >= 4 is 27.5 Å². The van der Waals surface area contributed by atoms with Gasteiger partial charge in [-0.05, 0) is 39.1 Å². The lowest BCUT2D eigenvalue weighted by Gasteiger charge is -2.23. The van der Waals surface area contributed by atoms with E-state index in [2.05, 4.69) is 31.1 Å². The summed E-state index contributed by atoms with van der Waals surface area (Å²) in [6.07, 6.45) is 0. The van der Waals surface area contributed by atoms with E-state index in [4.69, 9.17) is 0 Å². The van der Waals surface area contributed by atoms with Gasteiger partial charge in [-0.1, -0.05) is 0 Å². The molecule has 17 heavy (non-hydrogen) atoms. The van der Waals surface area contributed by atoms with Crippen molar-refractivity contribution in [3.05, 3.63) is 21.8 Å². The Bertz CT molecular complexity index is 592. The summed E-state index contributed by atoms with van der Waals surface area (Å²) in [5.41, 5.74) is 0.704. The number of aromatic nitrogens is 2. The van der Waals surface area contributed by atoms with E-state index in [1.165, 1.54) is 11.3 Å². The molecular formula is C12H17N3OS. The minimum Gasteiger partial charge on any atom is -0.351 e. The molecule has 0 bridgehead atoms. The number of anilines is 1. The van der Waals surface area contributed by atoms with E-state index >= 15 is 0 Å². The number of thiophene rings is 1. The van der Waals surface area contributed by atoms with E-state index in [0.29, 0.717) is 12.5 Å². The van der Waals surface area contributed by atoms with Crippen LogP contribution in [0.1, 0.15) is 27.7 Å². The Labute approximate surface area is 104 Å². The third-order valence-electron chi connectivity index (χ3n) is 2.37. The first-order chi connectivity index (χ1) is 7.92. The zero-order chi connectivity index (χ0) is 12.6. The fourth-order valence-corrected chi connectivity index (χ4v) is 2.45. The molecular weight excluding hydrogens is 234 g/mol. The van der Waals surface area contributed by atoms with Crippen molar-refractivity contribution in [3.8, 4) is 0 Å². The molecule has 0 aromatic carbocycles. The number of rotatable bonds is 2. The van der Waals surface area contributed by atoms with Crippen molar-refractivity contribution in [2.24, 2.45) is 0 Å². The summed E-state index contributed by atoms with van der Waals surface area (Å²) in [5, 5.41) is 5.18. The Kier molecular flexibility index (Phi) is 2.95. The van der Waals surface area contributed by atoms with Gasteiger partial charge in [-0.15, -0.1) is 11.3 Å². The van der Waals surface area contributed by atoms with Gasteiger partial charge in [0.2, 0.25) is 5.95 Å². The molecule has 0 atom stereocenters. The zero-order valence-electron chi connectivity index (χ0n) is 10.6. The van der Waals surface area contributed by atoms with Crippen molar-refractivity contribution in [1.82, 2.24) is 9.55 Å². The van der Waals surface area contributed by atoms with Crippen LogP contribution in [0.15, 0.2) is 16.2 Å². The van der Waals surface area contributed by atoms with Crippen LogP contribution in [0.5, 0.6) is 0 Å². The largest absolute Gasteiger partial charge is 0.351 e. The molecule has 0 aliphatic rings. The minimum absolute atomic E-state index is 0.0410. The summed E-state index contributed by atoms with van der Waals surface area (Å²) in [6.45, 7) is 8.74. The normalized spacial score (nSPS) is 12.0. The lowest BCUT2D eigenvalue weighted by atomic mass is 10.1. The van der Waals surface area contributed by atoms with Crippen LogP contribution in [0, 0.1) is 0 Å². The second kappa shape index (κ2) is 4.14. The summed E-state index contributed by atoms with van der Waals surface area (Å²) in [7, 11) is 0. The summed E-state index contributed by atoms with van der Waals surface area (Å²) >= 11 is 1.45. The molecule has 0 amide bonds. The molecule has 0 saturated carbocycles. The van der Waals surface area contributed by atoms with Crippen molar-refractivity contribution in [1.29, 1.82) is 0 Å². The third kappa shape index (κ3) is 2.34. The molecule has 0 unspecified atom stereocenters. The predicted molar refractivity (Wildman–Crippen MR) is 72.9 cm³/mol. The van der Waals surface area contributed by atoms with Crippen LogP contribution < -0.4 is 10.9 Å². The number of hydrogen-bond donors (Lipinski definition) is 1. The Morgan fingerprint density at radius 2 is 2.18 bits per heavy atom. The topological polar surface area (TPSA) is 46.9 Å². The number of hydrogen-bond acceptors (Lipinski definition) is 4. The first kappa shape index (κ1) is 12.1. The summed E-state index contributed by atoms with van der Waals surface area (Å²) in [5.74, 6) is 0.649. The van der Waals surface area contributed by atoms with Crippen molar-refractivity contribution in [3.63, 3.8) is 0 Å². The molecule has 2 aromatic heterocycles. The molecule has 0 radical (unpaired) electrons. The highest BCUT2D eigenvalue weighted by molar-refractivity contribution is 7.17. The SMILES string of the molecule is CCn1c(NC(C)(C)C)nc2ccsc2c1=O. The van der Waals surface area contributed by atoms with Gasteiger partial charge >= 0.3 is 0 Å². The van der Waals surface area contributed by atoms with E-state index < -0.39 is 0 Å². The highest BCUT2D eigenvalue weighted by Crippen LogP contribution is 2.18. The fraction of sp³-hybridized carbons (Fsp3) is 0.500. The Balaban J connectivity index is 2.65. The average molecular weight is 251 g/mol. The van der Waals surface area contributed by atoms with Crippen LogP contribution in [0.2, 0.25) is 0 Å². The molecule has 5 heteroatoms. The van der Waals surface area contributed by atoms with Gasteiger partial charge < -0.3 is 5.32 Å². The van der Waals surface area contributed by atoms with Gasteiger partial charge in [0.05, 0.1) is 5.52 Å². The maximum absolute atomic E-state index is 12.2. The van der Waals surface area contributed by atoms with Crippen LogP contribution >= 0.6 is 11.3 Å². The number of nitrogens with one attached hydrogen (secondary N) is 1.